The van der Waals surface area contributed by atoms with E-state index in [1.807, 2.05) is 55.5 Å². The second-order valence-corrected chi connectivity index (χ2v) is 12.3. The number of para-hydroxylation sites is 1. The summed E-state index contributed by atoms with van der Waals surface area (Å²) in [6.45, 7) is 8.51. The predicted molar refractivity (Wildman–Crippen MR) is 183 cm³/mol. The van der Waals surface area contributed by atoms with E-state index >= 15 is 0 Å². The van der Waals surface area contributed by atoms with Gasteiger partial charge in [0.05, 0.1) is 23.6 Å². The van der Waals surface area contributed by atoms with Crippen LogP contribution in [0.15, 0.2) is 48.5 Å². The molecule has 0 fully saturated rings. The van der Waals surface area contributed by atoms with Crippen LogP contribution in [0.2, 0.25) is 0 Å². The Kier molecular flexibility index (Phi) is 14.9. The molecule has 9 nitrogen and oxygen atoms in total. The van der Waals surface area contributed by atoms with Gasteiger partial charge in [0.25, 0.3) is 0 Å². The van der Waals surface area contributed by atoms with Crippen molar-refractivity contribution in [1.29, 1.82) is 0 Å². The summed E-state index contributed by atoms with van der Waals surface area (Å²) in [5, 5.41) is 7.49. The average molecular weight is 619 g/mol. The van der Waals surface area contributed by atoms with Crippen LogP contribution in [0.1, 0.15) is 108 Å². The molecule has 0 bridgehead atoms. The van der Waals surface area contributed by atoms with E-state index in [0.29, 0.717) is 43.1 Å². The topological polar surface area (TPSA) is 134 Å². The van der Waals surface area contributed by atoms with E-state index < -0.39 is 0 Å². The van der Waals surface area contributed by atoms with Gasteiger partial charge < -0.3 is 26.3 Å². The quantitative estimate of drug-likeness (QED) is 0.0963. The van der Waals surface area contributed by atoms with Crippen molar-refractivity contribution in [2.45, 2.75) is 97.9 Å². The van der Waals surface area contributed by atoms with Gasteiger partial charge in [-0.2, -0.15) is 0 Å². The molecule has 0 saturated carbocycles. The van der Waals surface area contributed by atoms with Gasteiger partial charge >= 0.3 is 0 Å². The van der Waals surface area contributed by atoms with Gasteiger partial charge in [0.15, 0.2) is 0 Å². The van der Waals surface area contributed by atoms with Gasteiger partial charge in [0, 0.05) is 50.0 Å². The van der Waals surface area contributed by atoms with Gasteiger partial charge in [-0.1, -0.05) is 88.4 Å². The number of fused-ring (bicyclic) bond motifs is 2. The molecule has 45 heavy (non-hydrogen) atoms. The molecular weight excluding hydrogens is 564 g/mol. The Hall–Kier alpha value is -3.85. The highest BCUT2D eigenvalue weighted by Crippen LogP contribution is 2.37. The lowest BCUT2D eigenvalue weighted by molar-refractivity contribution is -0.125. The Labute approximate surface area is 269 Å². The van der Waals surface area contributed by atoms with E-state index in [1.165, 1.54) is 19.3 Å². The summed E-state index contributed by atoms with van der Waals surface area (Å²) < 4.78 is 0. The lowest BCUT2D eigenvalue weighted by Crippen LogP contribution is -2.37. The third-order valence-electron chi connectivity index (χ3n) is 8.20. The molecule has 6 N–H and O–H groups in total. The first-order chi connectivity index (χ1) is 21.7. The molecular formula is C36H54N6O3. The van der Waals surface area contributed by atoms with Crippen molar-refractivity contribution in [3.63, 3.8) is 0 Å². The summed E-state index contributed by atoms with van der Waals surface area (Å²) in [5.41, 5.74) is 11.3. The third kappa shape index (κ3) is 11.2. The average Bonchev–Trinajstić information content (AvgIpc) is 3.01. The maximum absolute atomic E-state index is 13.6. The van der Waals surface area contributed by atoms with Gasteiger partial charge in [0.2, 0.25) is 17.7 Å². The fourth-order valence-electron chi connectivity index (χ4n) is 5.73. The normalized spacial score (nSPS) is 14.3. The van der Waals surface area contributed by atoms with Crippen LogP contribution in [0.3, 0.4) is 0 Å². The van der Waals surface area contributed by atoms with Crippen LogP contribution in [0, 0.1) is 5.92 Å². The summed E-state index contributed by atoms with van der Waals surface area (Å²) in [7, 11) is 0. The third-order valence-corrected chi connectivity index (χ3v) is 8.20. The zero-order valence-corrected chi connectivity index (χ0v) is 27.6. The Bertz CT molecular complexity index is 1290. The number of nitrogens with zero attached hydrogens (tertiary/aromatic N) is 2. The van der Waals surface area contributed by atoms with E-state index in [-0.39, 0.29) is 30.6 Å². The number of benzene rings is 2. The molecule has 2 aromatic carbocycles. The fraction of sp³-hybridized carbons (Fsp3) is 0.528. The van der Waals surface area contributed by atoms with Crippen LogP contribution in [0.4, 0.5) is 5.69 Å². The minimum absolute atomic E-state index is 0.0923. The number of unbranched alkanes of at least 4 members (excludes halogenated alkanes) is 5. The van der Waals surface area contributed by atoms with Crippen LogP contribution in [-0.4, -0.2) is 42.4 Å². The van der Waals surface area contributed by atoms with Crippen LogP contribution in [0.5, 0.6) is 0 Å². The Morgan fingerprint density at radius 3 is 2.24 bits per heavy atom. The van der Waals surface area contributed by atoms with Crippen LogP contribution in [-0.2, 0) is 20.9 Å². The van der Waals surface area contributed by atoms with Gasteiger partial charge in [-0.25, -0.2) is 5.84 Å². The largest absolute Gasteiger partial charge is 0.396 e. The van der Waals surface area contributed by atoms with E-state index in [0.717, 1.165) is 61.3 Å². The number of rotatable bonds is 18. The molecule has 0 aromatic heterocycles. The molecule has 1 aliphatic rings. The zero-order chi connectivity index (χ0) is 32.6. The molecule has 0 saturated heterocycles. The number of carbonyl (C=O) groups is 3. The number of carbonyl (C=O) groups excluding carboxylic acids is 3. The van der Waals surface area contributed by atoms with Crippen LogP contribution >= 0.6 is 0 Å². The molecule has 0 aliphatic carbocycles. The molecule has 1 aliphatic heterocycles. The number of nitrogens with two attached hydrogens (primary N) is 2. The molecule has 0 atom stereocenters. The minimum Gasteiger partial charge on any atom is -0.396 e. The molecule has 3 rings (SSSR count). The van der Waals surface area contributed by atoms with Crippen molar-refractivity contribution in [1.82, 2.24) is 15.6 Å². The number of hydrazine groups is 1. The van der Waals surface area contributed by atoms with Crippen molar-refractivity contribution in [2.24, 2.45) is 17.5 Å². The lowest BCUT2D eigenvalue weighted by atomic mass is 9.95. The molecule has 246 valence electrons. The standard InChI is InChI=1S/C36H54N6O3/c1-4-39-33(44)22-23-34(45)41-26-28-17-10-11-18-29(28)35(37)36(30-19-12-13-20-31(30)41)42(38)25-15-7-9-21-32(43)40-24-14-6-5-8-16-27(2)3/h10-13,17-20,27H,4-9,14-16,21-26,37-38H2,1-3H3,(H,39,44)(H,40,43)/b36-35-. The molecule has 3 amide bonds. The van der Waals surface area contributed by atoms with Crippen molar-refractivity contribution in [3.05, 3.63) is 65.2 Å². The van der Waals surface area contributed by atoms with Crippen LogP contribution in [0.25, 0.3) is 11.4 Å². The summed E-state index contributed by atoms with van der Waals surface area (Å²) in [4.78, 5) is 39.7. The number of amides is 3. The molecule has 2 aromatic rings. The molecule has 1 heterocycles. The summed E-state index contributed by atoms with van der Waals surface area (Å²) in [6.07, 6.45) is 9.11. The fourth-order valence-corrected chi connectivity index (χ4v) is 5.73. The highest BCUT2D eigenvalue weighted by atomic mass is 16.2. The lowest BCUT2D eigenvalue weighted by Gasteiger charge is -2.33. The summed E-state index contributed by atoms with van der Waals surface area (Å²) in [6, 6.07) is 15.4. The number of hydrogen-bond acceptors (Lipinski definition) is 6. The van der Waals surface area contributed by atoms with E-state index in [4.69, 9.17) is 11.6 Å². The second-order valence-electron chi connectivity index (χ2n) is 12.3. The maximum Gasteiger partial charge on any atom is 0.227 e. The van der Waals surface area contributed by atoms with E-state index in [1.54, 1.807) is 9.91 Å². The molecule has 0 radical (unpaired) electrons. The number of hydrogen-bond donors (Lipinski definition) is 4. The Morgan fingerprint density at radius 2 is 1.49 bits per heavy atom. The predicted octanol–water partition coefficient (Wildman–Crippen LogP) is 5.69. The highest BCUT2D eigenvalue weighted by molar-refractivity contribution is 6.01. The van der Waals surface area contributed by atoms with Gasteiger partial charge in [-0.05, 0) is 43.7 Å². The Morgan fingerprint density at radius 1 is 0.822 bits per heavy atom. The summed E-state index contributed by atoms with van der Waals surface area (Å²) in [5.74, 6) is 7.30. The van der Waals surface area contributed by atoms with Gasteiger partial charge in [0.1, 0.15) is 0 Å². The van der Waals surface area contributed by atoms with E-state index in [2.05, 4.69) is 24.5 Å². The minimum atomic E-state index is -0.144. The molecule has 0 spiro atoms. The number of anilines is 1. The maximum atomic E-state index is 13.6. The Balaban J connectivity index is 1.63. The van der Waals surface area contributed by atoms with Crippen molar-refractivity contribution >= 4 is 34.8 Å². The second kappa shape index (κ2) is 18.8. The first kappa shape index (κ1) is 35.6. The van der Waals surface area contributed by atoms with E-state index in [9.17, 15) is 14.4 Å². The monoisotopic (exact) mass is 618 g/mol. The zero-order valence-electron chi connectivity index (χ0n) is 27.6. The van der Waals surface area contributed by atoms with Crippen molar-refractivity contribution in [2.75, 3.05) is 24.5 Å². The van der Waals surface area contributed by atoms with Crippen molar-refractivity contribution < 1.29 is 14.4 Å². The molecule has 9 heteroatoms. The van der Waals surface area contributed by atoms with Crippen LogP contribution < -0.4 is 27.1 Å². The molecule has 0 unspecified atom stereocenters. The number of nitrogens with one attached hydrogen (secondary N) is 2. The highest BCUT2D eigenvalue weighted by Gasteiger charge is 2.28. The first-order valence-electron chi connectivity index (χ1n) is 16.8. The summed E-state index contributed by atoms with van der Waals surface area (Å²) >= 11 is 0. The SMILES string of the molecule is CCNC(=O)CCC(=O)N1Cc2ccccc2/C(N)=C(/N(N)CCCCCC(=O)NCCCCCCC(C)C)c2ccccc21. The van der Waals surface area contributed by atoms with Gasteiger partial charge in [-0.15, -0.1) is 0 Å². The smallest absolute Gasteiger partial charge is 0.227 e. The van der Waals surface area contributed by atoms with Gasteiger partial charge in [-0.3, -0.25) is 14.4 Å². The first-order valence-corrected chi connectivity index (χ1v) is 16.8. The van der Waals surface area contributed by atoms with Crippen molar-refractivity contribution in [3.8, 4) is 0 Å².